The average Bonchev–Trinajstić information content (AvgIpc) is 3.24. The fourth-order valence-electron chi connectivity index (χ4n) is 2.84. The number of aliphatic hydroxyl groups is 1. The van der Waals surface area contributed by atoms with Crippen molar-refractivity contribution in [2.24, 2.45) is 5.92 Å². The van der Waals surface area contributed by atoms with Crippen molar-refractivity contribution in [2.45, 2.75) is 26.2 Å². The van der Waals surface area contributed by atoms with Gasteiger partial charge >= 0.3 is 0 Å². The van der Waals surface area contributed by atoms with E-state index in [1.165, 1.54) is 6.07 Å². The van der Waals surface area contributed by atoms with Gasteiger partial charge in [-0.05, 0) is 37.1 Å². The van der Waals surface area contributed by atoms with E-state index in [-0.39, 0.29) is 24.2 Å². The van der Waals surface area contributed by atoms with Gasteiger partial charge in [0, 0.05) is 44.0 Å². The van der Waals surface area contributed by atoms with E-state index < -0.39 is 0 Å². The number of aryl methyl sites for hydroxylation is 2. The predicted octanol–water partition coefficient (Wildman–Crippen LogP) is 1.96. The van der Waals surface area contributed by atoms with Crippen LogP contribution in [0.2, 0.25) is 0 Å². The quantitative estimate of drug-likeness (QED) is 0.905. The molecule has 2 heterocycles. The number of rotatable bonds is 5. The Hall–Kier alpha value is -2.28. The maximum Gasteiger partial charge on any atom is 0.227 e. The molecule has 7 heteroatoms. The fourth-order valence-corrected chi connectivity index (χ4v) is 2.84. The molecule has 1 aromatic carbocycles. The van der Waals surface area contributed by atoms with E-state index in [0.717, 1.165) is 6.42 Å². The van der Waals surface area contributed by atoms with Crippen molar-refractivity contribution in [3.05, 3.63) is 35.5 Å². The molecule has 0 radical (unpaired) electrons. The summed E-state index contributed by atoms with van der Waals surface area (Å²) in [5.41, 5.74) is 1.20. The van der Waals surface area contributed by atoms with Gasteiger partial charge in [-0.2, -0.15) is 4.98 Å². The fraction of sp³-hybridized carbons (Fsp3) is 0.471. The van der Waals surface area contributed by atoms with Crippen LogP contribution in [0.4, 0.5) is 4.39 Å². The lowest BCUT2D eigenvalue weighted by atomic mass is 10.1. The molecule has 0 bridgehead atoms. The molecule has 2 aromatic rings. The number of likely N-dealkylation sites (tertiary alicyclic amines) is 1. The molecule has 1 N–H and O–H groups in total. The van der Waals surface area contributed by atoms with E-state index >= 15 is 0 Å². The molecule has 3 rings (SSSR count). The van der Waals surface area contributed by atoms with Crippen LogP contribution in [-0.2, 0) is 11.2 Å². The zero-order valence-corrected chi connectivity index (χ0v) is 13.5. The molecule has 128 valence electrons. The second-order valence-electron chi connectivity index (χ2n) is 6.15. The van der Waals surface area contributed by atoms with Crippen molar-refractivity contribution in [2.75, 3.05) is 19.7 Å². The molecule has 6 nitrogen and oxygen atoms in total. The van der Waals surface area contributed by atoms with Crippen LogP contribution < -0.4 is 0 Å². The summed E-state index contributed by atoms with van der Waals surface area (Å²) in [6.07, 6.45) is 1.51. The zero-order chi connectivity index (χ0) is 17.1. The number of benzene rings is 1. The van der Waals surface area contributed by atoms with Crippen LogP contribution in [0.15, 0.2) is 22.7 Å². The summed E-state index contributed by atoms with van der Waals surface area (Å²) in [6, 6.07) is 4.63. The second-order valence-corrected chi connectivity index (χ2v) is 6.15. The van der Waals surface area contributed by atoms with Gasteiger partial charge in [-0.15, -0.1) is 0 Å². The van der Waals surface area contributed by atoms with Gasteiger partial charge < -0.3 is 14.5 Å². The maximum absolute atomic E-state index is 13.3. The summed E-state index contributed by atoms with van der Waals surface area (Å²) >= 11 is 0. The second kappa shape index (κ2) is 7.09. The first-order valence-corrected chi connectivity index (χ1v) is 8.04. The highest BCUT2D eigenvalue weighted by Gasteiger charge is 2.25. The minimum absolute atomic E-state index is 0.0309. The molecule has 0 saturated carbocycles. The van der Waals surface area contributed by atoms with Crippen LogP contribution in [-0.4, -0.2) is 45.8 Å². The Labute approximate surface area is 139 Å². The van der Waals surface area contributed by atoms with E-state index in [2.05, 4.69) is 10.1 Å². The molecule has 1 unspecified atom stereocenters. The molecular weight excluding hydrogens is 313 g/mol. The number of aliphatic hydroxyl groups excluding tert-OH is 1. The summed E-state index contributed by atoms with van der Waals surface area (Å²) in [5.74, 6) is 0.717. The van der Waals surface area contributed by atoms with Crippen molar-refractivity contribution in [1.82, 2.24) is 15.0 Å². The molecule has 1 aliphatic heterocycles. The summed E-state index contributed by atoms with van der Waals surface area (Å²) in [7, 11) is 0. The molecular formula is C17H20FN3O3. The smallest absolute Gasteiger partial charge is 0.227 e. The van der Waals surface area contributed by atoms with Gasteiger partial charge in [-0.1, -0.05) is 5.16 Å². The maximum atomic E-state index is 13.3. The third-order valence-electron chi connectivity index (χ3n) is 4.33. The minimum Gasteiger partial charge on any atom is -0.396 e. The molecule has 1 fully saturated rings. The van der Waals surface area contributed by atoms with Crippen molar-refractivity contribution >= 4 is 5.91 Å². The number of halogens is 1. The Morgan fingerprint density at radius 3 is 3.04 bits per heavy atom. The standard InChI is InChI=1S/C17H20FN3O3/c1-11-8-13(2-3-14(11)18)17-19-15(24-20-17)4-5-16(23)21-7-6-12(9-21)10-22/h2-3,8,12,22H,4-7,9-10H2,1H3. The number of carbonyl (C=O) groups is 1. The normalized spacial score (nSPS) is 17.5. The van der Waals surface area contributed by atoms with Crippen LogP contribution >= 0.6 is 0 Å². The Balaban J connectivity index is 1.58. The number of carbonyl (C=O) groups excluding carboxylic acids is 1. The summed E-state index contributed by atoms with van der Waals surface area (Å²) in [5, 5.41) is 13.0. The summed E-state index contributed by atoms with van der Waals surface area (Å²) in [6.45, 7) is 3.09. The van der Waals surface area contributed by atoms with E-state index in [1.54, 1.807) is 24.0 Å². The molecule has 1 atom stereocenters. The molecule has 24 heavy (non-hydrogen) atoms. The van der Waals surface area contributed by atoms with Gasteiger partial charge in [0.05, 0.1) is 0 Å². The lowest BCUT2D eigenvalue weighted by Gasteiger charge is -2.15. The third-order valence-corrected chi connectivity index (χ3v) is 4.33. The van der Waals surface area contributed by atoms with Gasteiger partial charge in [0.25, 0.3) is 0 Å². The minimum atomic E-state index is -0.278. The van der Waals surface area contributed by atoms with Crippen LogP contribution in [0.5, 0.6) is 0 Å². The summed E-state index contributed by atoms with van der Waals surface area (Å²) in [4.78, 5) is 18.2. The molecule has 1 saturated heterocycles. The zero-order valence-electron chi connectivity index (χ0n) is 13.5. The molecule has 1 aliphatic rings. The Morgan fingerprint density at radius 1 is 1.50 bits per heavy atom. The van der Waals surface area contributed by atoms with Crippen molar-refractivity contribution in [3.63, 3.8) is 0 Å². The van der Waals surface area contributed by atoms with E-state index in [4.69, 9.17) is 9.63 Å². The number of amides is 1. The molecule has 1 aromatic heterocycles. The van der Waals surface area contributed by atoms with Crippen LogP contribution in [0, 0.1) is 18.7 Å². The monoisotopic (exact) mass is 333 g/mol. The lowest BCUT2D eigenvalue weighted by molar-refractivity contribution is -0.130. The van der Waals surface area contributed by atoms with Crippen LogP contribution in [0.25, 0.3) is 11.4 Å². The van der Waals surface area contributed by atoms with Gasteiger partial charge in [-0.25, -0.2) is 4.39 Å². The van der Waals surface area contributed by atoms with Gasteiger partial charge in [0.1, 0.15) is 5.82 Å². The topological polar surface area (TPSA) is 79.5 Å². The number of hydrogen-bond donors (Lipinski definition) is 1. The number of hydrogen-bond acceptors (Lipinski definition) is 5. The molecule has 0 spiro atoms. The Bertz CT molecular complexity index is 732. The van der Waals surface area contributed by atoms with Crippen LogP contribution in [0.1, 0.15) is 24.3 Å². The highest BCUT2D eigenvalue weighted by atomic mass is 19.1. The number of nitrogens with zero attached hydrogens (tertiary/aromatic N) is 3. The van der Waals surface area contributed by atoms with E-state index in [1.807, 2.05) is 0 Å². The lowest BCUT2D eigenvalue weighted by Crippen LogP contribution is -2.29. The van der Waals surface area contributed by atoms with Gasteiger partial charge in [0.2, 0.25) is 17.6 Å². The van der Waals surface area contributed by atoms with Crippen molar-refractivity contribution in [3.8, 4) is 11.4 Å². The highest BCUT2D eigenvalue weighted by molar-refractivity contribution is 5.76. The van der Waals surface area contributed by atoms with E-state index in [0.29, 0.717) is 48.8 Å². The largest absolute Gasteiger partial charge is 0.396 e. The van der Waals surface area contributed by atoms with Crippen molar-refractivity contribution < 1.29 is 18.8 Å². The first-order valence-electron chi connectivity index (χ1n) is 8.04. The predicted molar refractivity (Wildman–Crippen MR) is 84.5 cm³/mol. The van der Waals surface area contributed by atoms with Gasteiger partial charge in [-0.3, -0.25) is 4.79 Å². The highest BCUT2D eigenvalue weighted by Crippen LogP contribution is 2.20. The SMILES string of the molecule is Cc1cc(-c2noc(CCC(=O)N3CCC(CO)C3)n2)ccc1F. The summed E-state index contributed by atoms with van der Waals surface area (Å²) < 4.78 is 18.5. The Kier molecular flexibility index (Phi) is 4.89. The Morgan fingerprint density at radius 2 is 2.33 bits per heavy atom. The first-order chi connectivity index (χ1) is 11.6. The average molecular weight is 333 g/mol. The van der Waals surface area contributed by atoms with Gasteiger partial charge in [0.15, 0.2) is 0 Å². The third kappa shape index (κ3) is 3.62. The van der Waals surface area contributed by atoms with E-state index in [9.17, 15) is 9.18 Å². The molecule has 1 amide bonds. The number of aromatic nitrogens is 2. The van der Waals surface area contributed by atoms with Crippen LogP contribution in [0.3, 0.4) is 0 Å². The van der Waals surface area contributed by atoms with Crippen molar-refractivity contribution in [1.29, 1.82) is 0 Å². The first kappa shape index (κ1) is 16.6. The molecule has 0 aliphatic carbocycles.